The molecule has 0 aromatic heterocycles. The summed E-state index contributed by atoms with van der Waals surface area (Å²) in [4.78, 5) is 27.3. The van der Waals surface area contributed by atoms with Gasteiger partial charge in [0.1, 0.15) is 18.0 Å². The molecule has 2 aromatic rings. The van der Waals surface area contributed by atoms with Crippen LogP contribution in [0.3, 0.4) is 0 Å². The van der Waals surface area contributed by atoms with Gasteiger partial charge in [0, 0.05) is 17.2 Å². The molecule has 1 amide bonds. The zero-order valence-electron chi connectivity index (χ0n) is 20.7. The SMILES string of the molecule is CCOC(=O)CN(C(=O)C1CCCCC1)c1cc(Br)c(Oc2ccc(OC)c(C(C)C)c2)c(Br)c1. The van der Waals surface area contributed by atoms with Crippen molar-refractivity contribution < 1.29 is 23.8 Å². The van der Waals surface area contributed by atoms with Gasteiger partial charge in [0.05, 0.1) is 22.7 Å². The lowest BCUT2D eigenvalue weighted by Crippen LogP contribution is -2.41. The van der Waals surface area contributed by atoms with E-state index in [4.69, 9.17) is 14.2 Å². The summed E-state index contributed by atoms with van der Waals surface area (Å²) in [5.74, 6) is 1.79. The van der Waals surface area contributed by atoms with E-state index in [0.717, 1.165) is 43.4 Å². The summed E-state index contributed by atoms with van der Waals surface area (Å²) in [5.41, 5.74) is 1.66. The Morgan fingerprint density at radius 3 is 2.29 bits per heavy atom. The van der Waals surface area contributed by atoms with E-state index < -0.39 is 5.97 Å². The van der Waals surface area contributed by atoms with Crippen LogP contribution in [0.1, 0.15) is 64.4 Å². The second kappa shape index (κ2) is 12.8. The van der Waals surface area contributed by atoms with Gasteiger partial charge in [-0.15, -0.1) is 0 Å². The molecule has 0 heterocycles. The normalized spacial score (nSPS) is 14.0. The van der Waals surface area contributed by atoms with Crippen molar-refractivity contribution in [1.82, 2.24) is 0 Å². The molecular weight excluding hydrogens is 578 g/mol. The fourth-order valence-electron chi connectivity index (χ4n) is 4.35. The van der Waals surface area contributed by atoms with E-state index >= 15 is 0 Å². The van der Waals surface area contributed by atoms with Crippen molar-refractivity contribution in [2.45, 2.75) is 58.8 Å². The van der Waals surface area contributed by atoms with Gasteiger partial charge in [-0.2, -0.15) is 0 Å². The number of carbonyl (C=O) groups is 2. The van der Waals surface area contributed by atoms with Crippen molar-refractivity contribution in [3.63, 3.8) is 0 Å². The van der Waals surface area contributed by atoms with Gasteiger partial charge < -0.3 is 19.1 Å². The molecule has 2 aromatic carbocycles. The first-order valence-electron chi connectivity index (χ1n) is 12.1. The number of hydrogen-bond donors (Lipinski definition) is 0. The highest BCUT2D eigenvalue weighted by molar-refractivity contribution is 9.11. The number of benzene rings is 2. The van der Waals surface area contributed by atoms with Crippen molar-refractivity contribution in [2.75, 3.05) is 25.2 Å². The predicted molar refractivity (Wildman–Crippen MR) is 145 cm³/mol. The number of nitrogens with zero attached hydrogens (tertiary/aromatic N) is 1. The molecule has 190 valence electrons. The number of ether oxygens (including phenoxy) is 3. The molecule has 6 nitrogen and oxygen atoms in total. The molecule has 0 aliphatic heterocycles. The lowest BCUT2D eigenvalue weighted by Gasteiger charge is -2.29. The van der Waals surface area contributed by atoms with Gasteiger partial charge in [-0.25, -0.2) is 0 Å². The highest BCUT2D eigenvalue weighted by atomic mass is 79.9. The minimum absolute atomic E-state index is 0.0399. The molecule has 8 heteroatoms. The Morgan fingerprint density at radius 2 is 1.71 bits per heavy atom. The van der Waals surface area contributed by atoms with Crippen LogP contribution in [0.5, 0.6) is 17.2 Å². The first-order valence-corrected chi connectivity index (χ1v) is 13.7. The van der Waals surface area contributed by atoms with Gasteiger partial charge in [0.25, 0.3) is 0 Å². The van der Waals surface area contributed by atoms with Crippen molar-refractivity contribution in [2.24, 2.45) is 5.92 Å². The van der Waals surface area contributed by atoms with E-state index in [1.54, 1.807) is 14.0 Å². The van der Waals surface area contributed by atoms with E-state index in [2.05, 4.69) is 45.7 Å². The summed E-state index contributed by atoms with van der Waals surface area (Å²) in [6.45, 7) is 6.10. The third-order valence-electron chi connectivity index (χ3n) is 6.15. The number of rotatable bonds is 9. The van der Waals surface area contributed by atoms with Crippen LogP contribution in [0.2, 0.25) is 0 Å². The minimum atomic E-state index is -0.427. The van der Waals surface area contributed by atoms with Gasteiger partial charge in [0.2, 0.25) is 5.91 Å². The number of carbonyl (C=O) groups excluding carboxylic acids is 2. The Kier molecular flexibility index (Phi) is 10.0. The van der Waals surface area contributed by atoms with Crippen LogP contribution >= 0.6 is 31.9 Å². The Balaban J connectivity index is 1.92. The van der Waals surface area contributed by atoms with E-state index in [1.807, 2.05) is 30.3 Å². The molecule has 1 aliphatic rings. The van der Waals surface area contributed by atoms with E-state index in [1.165, 1.54) is 4.90 Å². The third-order valence-corrected chi connectivity index (χ3v) is 7.33. The fourth-order valence-corrected chi connectivity index (χ4v) is 5.67. The molecule has 0 spiro atoms. The first kappa shape index (κ1) is 27.5. The van der Waals surface area contributed by atoms with Crippen molar-refractivity contribution in [1.29, 1.82) is 0 Å². The van der Waals surface area contributed by atoms with E-state index in [9.17, 15) is 9.59 Å². The summed E-state index contributed by atoms with van der Waals surface area (Å²) in [5, 5.41) is 0. The maximum absolute atomic E-state index is 13.4. The van der Waals surface area contributed by atoms with Crippen molar-refractivity contribution in [3.05, 3.63) is 44.8 Å². The monoisotopic (exact) mass is 609 g/mol. The van der Waals surface area contributed by atoms with E-state index in [0.29, 0.717) is 26.1 Å². The quantitative estimate of drug-likeness (QED) is 0.273. The molecule has 1 saturated carbocycles. The molecule has 3 rings (SSSR count). The maximum Gasteiger partial charge on any atom is 0.326 e. The van der Waals surface area contributed by atoms with Gasteiger partial charge >= 0.3 is 5.97 Å². The molecular formula is C27H33Br2NO5. The number of halogens is 2. The maximum atomic E-state index is 13.4. The third kappa shape index (κ3) is 7.00. The number of esters is 1. The van der Waals surface area contributed by atoms with Crippen molar-refractivity contribution in [3.8, 4) is 17.2 Å². The van der Waals surface area contributed by atoms with Crippen molar-refractivity contribution >= 4 is 49.4 Å². The summed E-state index contributed by atoms with van der Waals surface area (Å²) < 4.78 is 18.2. The average molecular weight is 611 g/mol. The molecule has 0 atom stereocenters. The smallest absolute Gasteiger partial charge is 0.326 e. The van der Waals surface area contributed by atoms with Crippen LogP contribution in [-0.4, -0.2) is 32.1 Å². The number of amides is 1. The van der Waals surface area contributed by atoms with E-state index in [-0.39, 0.29) is 30.9 Å². The lowest BCUT2D eigenvalue weighted by atomic mass is 9.88. The van der Waals surface area contributed by atoms with Gasteiger partial charge in [0.15, 0.2) is 5.75 Å². The molecule has 1 aliphatic carbocycles. The topological polar surface area (TPSA) is 65.1 Å². The Hall–Kier alpha value is -2.06. The highest BCUT2D eigenvalue weighted by Crippen LogP contribution is 2.42. The largest absolute Gasteiger partial charge is 0.496 e. The fraction of sp³-hybridized carbons (Fsp3) is 0.481. The average Bonchev–Trinajstić information content (AvgIpc) is 2.84. The van der Waals surface area contributed by atoms with Crippen LogP contribution in [-0.2, 0) is 14.3 Å². The molecule has 1 fully saturated rings. The zero-order chi connectivity index (χ0) is 25.5. The number of methoxy groups -OCH3 is 1. The molecule has 0 bridgehead atoms. The number of hydrogen-bond acceptors (Lipinski definition) is 5. The zero-order valence-corrected chi connectivity index (χ0v) is 23.9. The second-order valence-electron chi connectivity index (χ2n) is 8.96. The minimum Gasteiger partial charge on any atom is -0.496 e. The summed E-state index contributed by atoms with van der Waals surface area (Å²) >= 11 is 7.22. The van der Waals surface area contributed by atoms with Crippen LogP contribution in [0.25, 0.3) is 0 Å². The van der Waals surface area contributed by atoms with Crippen LogP contribution in [0.15, 0.2) is 39.3 Å². The Morgan fingerprint density at radius 1 is 1.06 bits per heavy atom. The molecule has 0 unspecified atom stereocenters. The Bertz CT molecular complexity index is 1030. The lowest BCUT2D eigenvalue weighted by molar-refractivity contribution is -0.142. The second-order valence-corrected chi connectivity index (χ2v) is 10.7. The Labute approximate surface area is 224 Å². The van der Waals surface area contributed by atoms with Gasteiger partial charge in [-0.05, 0) is 87.9 Å². The first-order chi connectivity index (χ1) is 16.7. The van der Waals surface area contributed by atoms with Crippen LogP contribution < -0.4 is 14.4 Å². The summed E-state index contributed by atoms with van der Waals surface area (Å²) in [6.07, 6.45) is 4.90. The number of anilines is 1. The molecule has 0 radical (unpaired) electrons. The van der Waals surface area contributed by atoms with Crippen LogP contribution in [0.4, 0.5) is 5.69 Å². The van der Waals surface area contributed by atoms with Gasteiger partial charge in [-0.1, -0.05) is 33.1 Å². The van der Waals surface area contributed by atoms with Gasteiger partial charge in [-0.3, -0.25) is 9.59 Å². The summed E-state index contributed by atoms with van der Waals surface area (Å²) in [7, 11) is 1.66. The molecule has 0 N–H and O–H groups in total. The molecule has 35 heavy (non-hydrogen) atoms. The standard InChI is InChI=1S/C27H33Br2NO5/c1-5-34-25(31)16-30(27(32)18-9-7-6-8-10-18)19-13-22(28)26(23(29)14-19)35-20-11-12-24(33-4)21(15-20)17(2)3/h11-15,17-18H,5-10,16H2,1-4H3. The molecule has 0 saturated heterocycles. The highest BCUT2D eigenvalue weighted by Gasteiger charge is 2.29. The summed E-state index contributed by atoms with van der Waals surface area (Å²) in [6, 6.07) is 9.34. The predicted octanol–water partition coefficient (Wildman–Crippen LogP) is 7.61. The van der Waals surface area contributed by atoms with Crippen LogP contribution in [0, 0.1) is 5.92 Å².